The summed E-state index contributed by atoms with van der Waals surface area (Å²) in [5, 5.41) is 0. The zero-order valence-electron chi connectivity index (χ0n) is 9.77. The number of benzene rings is 1. The Bertz CT molecular complexity index is 473. The Morgan fingerprint density at radius 2 is 1.30 bits per heavy atom. The molecule has 0 amide bonds. The molecule has 0 N–H and O–H groups in total. The largest absolute Gasteiger partial charge is 0.470 e. The Morgan fingerprint density at radius 1 is 0.900 bits per heavy atom. The molecular formula is C11H7F7O2. The first-order chi connectivity index (χ1) is 8.88. The lowest BCUT2D eigenvalue weighted by Crippen LogP contribution is -2.57. The third-order valence-electron chi connectivity index (χ3n) is 2.25. The molecule has 0 atom stereocenters. The summed E-state index contributed by atoms with van der Waals surface area (Å²) >= 11 is 0. The molecule has 0 aliphatic rings. The number of carbonyl (C=O) groups is 1. The van der Waals surface area contributed by atoms with Gasteiger partial charge < -0.3 is 4.74 Å². The van der Waals surface area contributed by atoms with Crippen molar-refractivity contribution in [3.63, 3.8) is 0 Å². The van der Waals surface area contributed by atoms with Crippen molar-refractivity contribution >= 4 is 5.78 Å². The van der Waals surface area contributed by atoms with Crippen LogP contribution in [0.15, 0.2) is 24.3 Å². The van der Waals surface area contributed by atoms with Crippen LogP contribution in [-0.2, 0) is 0 Å². The second kappa shape index (κ2) is 4.95. The summed E-state index contributed by atoms with van der Waals surface area (Å²) < 4.78 is 90.0. The molecule has 1 rings (SSSR count). The molecular weight excluding hydrogens is 297 g/mol. The highest BCUT2D eigenvalue weighted by Crippen LogP contribution is 2.47. The maximum atomic E-state index is 13.2. The van der Waals surface area contributed by atoms with E-state index in [-0.39, 0.29) is 5.56 Å². The molecule has 0 unspecified atom stereocenters. The average molecular weight is 304 g/mol. The van der Waals surface area contributed by atoms with Crippen LogP contribution in [0.3, 0.4) is 0 Å². The Morgan fingerprint density at radius 3 is 1.60 bits per heavy atom. The normalized spacial score (nSPS) is 13.2. The van der Waals surface area contributed by atoms with Crippen molar-refractivity contribution in [2.24, 2.45) is 0 Å². The Balaban J connectivity index is 3.12. The zero-order valence-corrected chi connectivity index (χ0v) is 9.77. The lowest BCUT2D eigenvalue weighted by atomic mass is 10.1. The van der Waals surface area contributed by atoms with Gasteiger partial charge in [0.2, 0.25) is 0 Å². The topological polar surface area (TPSA) is 26.3 Å². The number of halogens is 7. The van der Waals surface area contributed by atoms with Gasteiger partial charge in [0, 0.05) is 5.56 Å². The highest BCUT2D eigenvalue weighted by molar-refractivity contribution is 5.94. The quantitative estimate of drug-likeness (QED) is 0.622. The van der Waals surface area contributed by atoms with Gasteiger partial charge in [-0.2, -0.15) is 30.7 Å². The molecule has 0 fully saturated rings. The van der Waals surface area contributed by atoms with Crippen molar-refractivity contribution in [1.82, 2.24) is 0 Å². The van der Waals surface area contributed by atoms with E-state index in [1.165, 1.54) is 0 Å². The van der Waals surface area contributed by atoms with E-state index in [2.05, 4.69) is 4.74 Å². The van der Waals surface area contributed by atoms with Crippen LogP contribution >= 0.6 is 0 Å². The van der Waals surface area contributed by atoms with E-state index in [1.54, 1.807) is 0 Å². The van der Waals surface area contributed by atoms with Gasteiger partial charge >= 0.3 is 18.2 Å². The zero-order chi connectivity index (χ0) is 15.8. The van der Waals surface area contributed by atoms with E-state index in [1.807, 2.05) is 0 Å². The summed E-state index contributed by atoms with van der Waals surface area (Å²) in [6.07, 6.45) is -12.6. The number of hydrogen-bond donors (Lipinski definition) is 0. The Hall–Kier alpha value is -1.80. The molecule has 2 nitrogen and oxygen atoms in total. The van der Waals surface area contributed by atoms with E-state index < -0.39 is 29.7 Å². The molecule has 0 aliphatic carbocycles. The lowest BCUT2D eigenvalue weighted by Gasteiger charge is -2.29. The van der Waals surface area contributed by atoms with E-state index >= 15 is 0 Å². The number of hydrogen-bond acceptors (Lipinski definition) is 2. The number of alkyl halides is 7. The molecule has 1 aromatic rings. The third kappa shape index (κ3) is 3.02. The maximum Gasteiger partial charge on any atom is 0.470 e. The maximum absolute atomic E-state index is 13.2. The molecule has 0 heterocycles. The Labute approximate surface area is 108 Å². The van der Waals surface area contributed by atoms with Crippen LogP contribution < -0.4 is 4.74 Å². The summed E-state index contributed by atoms with van der Waals surface area (Å²) in [5.41, 5.74) is 0.0285. The molecule has 0 saturated heterocycles. The summed E-state index contributed by atoms with van der Waals surface area (Å²) in [4.78, 5) is 10.9. The van der Waals surface area contributed by atoms with Gasteiger partial charge in [-0.1, -0.05) is 0 Å². The van der Waals surface area contributed by atoms with Crippen molar-refractivity contribution in [3.05, 3.63) is 29.8 Å². The molecule has 0 radical (unpaired) electrons. The van der Waals surface area contributed by atoms with Crippen molar-refractivity contribution in [2.75, 3.05) is 0 Å². The van der Waals surface area contributed by atoms with E-state index in [9.17, 15) is 35.5 Å². The minimum atomic E-state index is -6.30. The molecule has 20 heavy (non-hydrogen) atoms. The van der Waals surface area contributed by atoms with Crippen LogP contribution in [-0.4, -0.2) is 24.0 Å². The van der Waals surface area contributed by atoms with Gasteiger partial charge in [0.25, 0.3) is 0 Å². The van der Waals surface area contributed by atoms with Crippen LogP contribution in [0.5, 0.6) is 5.75 Å². The van der Waals surface area contributed by atoms with Gasteiger partial charge in [-0.25, -0.2) is 0 Å². The summed E-state index contributed by atoms with van der Waals surface area (Å²) in [5.74, 6) is -7.29. The number of Topliss-reactive ketones (excluding diaryl/α,β-unsaturated/α-hetero) is 1. The van der Waals surface area contributed by atoms with Crippen LogP contribution in [0.2, 0.25) is 0 Å². The molecule has 0 spiro atoms. The fourth-order valence-electron chi connectivity index (χ4n) is 1.20. The summed E-state index contributed by atoms with van der Waals surface area (Å²) in [6.45, 7) is 1.14. The third-order valence-corrected chi connectivity index (χ3v) is 2.25. The number of rotatable bonds is 3. The minimum absolute atomic E-state index is 0.0285. The average Bonchev–Trinajstić information content (AvgIpc) is 2.26. The SMILES string of the molecule is CC(=O)c1ccc(OC(F)(C(F)(F)F)C(F)(F)F)cc1. The van der Waals surface area contributed by atoms with Crippen LogP contribution in [0.25, 0.3) is 0 Å². The smallest absolute Gasteiger partial charge is 0.444 e. The molecule has 0 bridgehead atoms. The highest BCUT2D eigenvalue weighted by Gasteiger charge is 2.76. The second-order valence-electron chi connectivity index (χ2n) is 3.77. The van der Waals surface area contributed by atoms with Gasteiger partial charge in [0.05, 0.1) is 0 Å². The van der Waals surface area contributed by atoms with Gasteiger partial charge in [0.1, 0.15) is 5.75 Å². The van der Waals surface area contributed by atoms with Gasteiger partial charge in [-0.3, -0.25) is 4.79 Å². The summed E-state index contributed by atoms with van der Waals surface area (Å²) in [6, 6.07) is 3.13. The molecule has 1 aromatic carbocycles. The van der Waals surface area contributed by atoms with Crippen LogP contribution in [0.4, 0.5) is 30.7 Å². The molecule has 0 aromatic heterocycles. The molecule has 0 saturated carbocycles. The van der Waals surface area contributed by atoms with E-state index in [4.69, 9.17) is 0 Å². The van der Waals surface area contributed by atoms with E-state index in [0.29, 0.717) is 12.1 Å². The monoisotopic (exact) mass is 304 g/mol. The first-order valence-corrected chi connectivity index (χ1v) is 5.01. The van der Waals surface area contributed by atoms with Crippen molar-refractivity contribution in [3.8, 4) is 5.75 Å². The number of carbonyl (C=O) groups excluding carboxylic acids is 1. The number of ketones is 1. The van der Waals surface area contributed by atoms with Gasteiger partial charge in [-0.05, 0) is 31.2 Å². The predicted octanol–water partition coefficient (Wildman–Crippen LogP) is 4.06. The lowest BCUT2D eigenvalue weighted by molar-refractivity contribution is -0.405. The van der Waals surface area contributed by atoms with Gasteiger partial charge in [-0.15, -0.1) is 0 Å². The fourth-order valence-corrected chi connectivity index (χ4v) is 1.20. The fraction of sp³-hybridized carbons (Fsp3) is 0.364. The molecule has 112 valence electrons. The Kier molecular flexibility index (Phi) is 4.02. The van der Waals surface area contributed by atoms with Crippen LogP contribution in [0, 0.1) is 0 Å². The highest BCUT2D eigenvalue weighted by atomic mass is 19.4. The summed E-state index contributed by atoms with van der Waals surface area (Å²) in [7, 11) is 0. The standard InChI is InChI=1S/C11H7F7O2/c1-6(19)7-2-4-8(5-3-7)20-9(12,10(13,14)15)11(16,17)18/h2-5H,1H3. The van der Waals surface area contributed by atoms with Crippen molar-refractivity contribution in [1.29, 1.82) is 0 Å². The number of ether oxygens (including phenoxy) is 1. The predicted molar refractivity (Wildman–Crippen MR) is 53.0 cm³/mol. The second-order valence-corrected chi connectivity index (χ2v) is 3.77. The van der Waals surface area contributed by atoms with Crippen molar-refractivity contribution in [2.45, 2.75) is 25.1 Å². The molecule has 0 aliphatic heterocycles. The first-order valence-electron chi connectivity index (χ1n) is 5.01. The van der Waals surface area contributed by atoms with Crippen molar-refractivity contribution < 1.29 is 40.3 Å². The van der Waals surface area contributed by atoms with Crippen LogP contribution in [0.1, 0.15) is 17.3 Å². The van der Waals surface area contributed by atoms with Gasteiger partial charge in [0.15, 0.2) is 5.78 Å². The van der Waals surface area contributed by atoms with E-state index in [0.717, 1.165) is 19.1 Å². The molecule has 9 heteroatoms. The minimum Gasteiger partial charge on any atom is -0.444 e. The first kappa shape index (κ1) is 16.3.